The zero-order valence-corrected chi connectivity index (χ0v) is 19.2. The highest BCUT2D eigenvalue weighted by atomic mass is 35.5. The van der Waals surface area contributed by atoms with Crippen LogP contribution in [0.4, 0.5) is 0 Å². The molecule has 30 heavy (non-hydrogen) atoms. The first-order valence-electron chi connectivity index (χ1n) is 10.3. The van der Waals surface area contributed by atoms with Gasteiger partial charge in [-0.15, -0.1) is 0 Å². The van der Waals surface area contributed by atoms with Gasteiger partial charge in [-0.2, -0.15) is 0 Å². The van der Waals surface area contributed by atoms with Gasteiger partial charge in [-0.3, -0.25) is 9.59 Å². The minimum Gasteiger partial charge on any atom is -0.483 e. The number of hydrogen-bond acceptors (Lipinski definition) is 3. The van der Waals surface area contributed by atoms with Gasteiger partial charge in [0, 0.05) is 18.1 Å². The number of carbonyl (C=O) groups is 2. The van der Waals surface area contributed by atoms with Crippen molar-refractivity contribution in [2.24, 2.45) is 0 Å². The summed E-state index contributed by atoms with van der Waals surface area (Å²) in [6, 6.07) is 10.8. The lowest BCUT2D eigenvalue weighted by molar-refractivity contribution is -0.142. The summed E-state index contributed by atoms with van der Waals surface area (Å²) in [7, 11) is 0. The van der Waals surface area contributed by atoms with Gasteiger partial charge in [-0.05, 0) is 68.5 Å². The minimum absolute atomic E-state index is 0.149. The molecule has 0 heterocycles. The van der Waals surface area contributed by atoms with Crippen molar-refractivity contribution in [3.8, 4) is 5.75 Å². The molecular weight excluding hydrogens is 400 g/mol. The smallest absolute Gasteiger partial charge is 0.261 e. The molecule has 2 aromatic rings. The molecule has 0 radical (unpaired) electrons. The molecule has 2 rings (SSSR count). The van der Waals surface area contributed by atoms with E-state index in [1.807, 2.05) is 58.9 Å². The van der Waals surface area contributed by atoms with Gasteiger partial charge in [-0.1, -0.05) is 42.8 Å². The number of halogens is 1. The highest BCUT2D eigenvalue weighted by molar-refractivity contribution is 6.31. The number of rotatable bonds is 9. The fourth-order valence-corrected chi connectivity index (χ4v) is 3.59. The van der Waals surface area contributed by atoms with Gasteiger partial charge in [0.2, 0.25) is 5.91 Å². The summed E-state index contributed by atoms with van der Waals surface area (Å²) in [6.07, 6.45) is 0.491. The predicted molar refractivity (Wildman–Crippen MR) is 121 cm³/mol. The molecule has 0 aliphatic heterocycles. The highest BCUT2D eigenvalue weighted by Gasteiger charge is 2.29. The van der Waals surface area contributed by atoms with Crippen LogP contribution in [0.25, 0.3) is 0 Å². The van der Waals surface area contributed by atoms with Gasteiger partial charge in [-0.25, -0.2) is 0 Å². The lowest BCUT2D eigenvalue weighted by atomic mass is 10.1. The third-order valence-electron chi connectivity index (χ3n) is 5.15. The number of nitrogens with one attached hydrogen (secondary N) is 1. The number of aryl methyl sites for hydroxylation is 2. The Kier molecular flexibility index (Phi) is 8.72. The summed E-state index contributed by atoms with van der Waals surface area (Å²) in [4.78, 5) is 27.4. The molecule has 0 saturated heterocycles. The largest absolute Gasteiger partial charge is 0.483 e. The van der Waals surface area contributed by atoms with Crippen LogP contribution in [0.2, 0.25) is 5.02 Å². The third-order valence-corrected chi connectivity index (χ3v) is 5.52. The quantitative estimate of drug-likeness (QED) is 0.633. The van der Waals surface area contributed by atoms with Gasteiger partial charge in [0.25, 0.3) is 5.91 Å². The number of amides is 2. The molecule has 0 bridgehead atoms. The van der Waals surface area contributed by atoms with E-state index in [9.17, 15) is 9.59 Å². The molecule has 0 unspecified atom stereocenters. The number of hydrogen-bond donors (Lipinski definition) is 1. The lowest BCUT2D eigenvalue weighted by Gasteiger charge is -2.30. The molecule has 2 amide bonds. The Morgan fingerprint density at radius 2 is 1.83 bits per heavy atom. The van der Waals surface area contributed by atoms with E-state index in [0.29, 0.717) is 23.7 Å². The monoisotopic (exact) mass is 430 g/mol. The van der Waals surface area contributed by atoms with Gasteiger partial charge in [0.05, 0.1) is 0 Å². The van der Waals surface area contributed by atoms with E-state index in [2.05, 4.69) is 11.4 Å². The number of benzene rings is 2. The van der Waals surface area contributed by atoms with Crippen LogP contribution in [0, 0.1) is 20.8 Å². The van der Waals surface area contributed by atoms with E-state index >= 15 is 0 Å². The van der Waals surface area contributed by atoms with Crippen molar-refractivity contribution in [2.75, 3.05) is 13.2 Å². The molecule has 0 spiro atoms. The predicted octanol–water partition coefficient (Wildman–Crippen LogP) is 4.59. The molecule has 0 aliphatic carbocycles. The van der Waals surface area contributed by atoms with Crippen LogP contribution in [-0.2, 0) is 16.1 Å². The Hall–Kier alpha value is -2.53. The number of ether oxygens (including phenoxy) is 1. The third kappa shape index (κ3) is 5.99. The van der Waals surface area contributed by atoms with Crippen molar-refractivity contribution in [1.29, 1.82) is 0 Å². The van der Waals surface area contributed by atoms with E-state index in [1.165, 1.54) is 0 Å². The Labute approximate surface area is 184 Å². The number of nitrogens with zero attached hydrogens (tertiary/aromatic N) is 1. The fourth-order valence-electron chi connectivity index (χ4n) is 3.39. The van der Waals surface area contributed by atoms with Gasteiger partial charge in [0.1, 0.15) is 11.8 Å². The zero-order valence-electron chi connectivity index (χ0n) is 18.4. The SMILES string of the molecule is CCNC(=O)[C@@H](CC)N(Cc1ccccc1Cl)C(=O)COc1cc(C)cc(C)c1C. The van der Waals surface area contributed by atoms with Gasteiger partial charge < -0.3 is 15.0 Å². The molecule has 0 aromatic heterocycles. The van der Waals surface area contributed by atoms with Gasteiger partial charge >= 0.3 is 0 Å². The molecule has 1 atom stereocenters. The first-order valence-corrected chi connectivity index (χ1v) is 10.7. The molecular formula is C24H31ClN2O3. The molecule has 2 aromatic carbocycles. The van der Waals surface area contributed by atoms with Crippen LogP contribution in [0.15, 0.2) is 36.4 Å². The first-order chi connectivity index (χ1) is 14.3. The second-order valence-corrected chi connectivity index (χ2v) is 7.83. The summed E-state index contributed by atoms with van der Waals surface area (Å²) in [5.41, 5.74) is 3.97. The van der Waals surface area contributed by atoms with Crippen molar-refractivity contribution < 1.29 is 14.3 Å². The summed E-state index contributed by atoms with van der Waals surface area (Å²) in [6.45, 7) is 10.3. The van der Waals surface area contributed by atoms with Crippen molar-refractivity contribution >= 4 is 23.4 Å². The molecule has 1 N–H and O–H groups in total. The maximum absolute atomic E-state index is 13.2. The van der Waals surface area contributed by atoms with E-state index in [4.69, 9.17) is 16.3 Å². The highest BCUT2D eigenvalue weighted by Crippen LogP contribution is 2.24. The maximum atomic E-state index is 13.2. The van der Waals surface area contributed by atoms with Crippen LogP contribution in [-0.4, -0.2) is 35.9 Å². The molecule has 6 heteroatoms. The number of likely N-dealkylation sites (N-methyl/N-ethyl adjacent to an activating group) is 1. The molecule has 0 aliphatic rings. The topological polar surface area (TPSA) is 58.6 Å². The van der Waals surface area contributed by atoms with Crippen LogP contribution >= 0.6 is 11.6 Å². The molecule has 0 saturated carbocycles. The fraction of sp³-hybridized carbons (Fsp3) is 0.417. The van der Waals surface area contributed by atoms with Crippen molar-refractivity contribution in [3.63, 3.8) is 0 Å². The Balaban J connectivity index is 2.27. The standard InChI is InChI=1S/C24H31ClN2O3/c1-6-21(24(29)26-7-2)27(14-19-10-8-9-11-20(19)25)23(28)15-30-22-13-16(3)12-17(4)18(22)5/h8-13,21H,6-7,14-15H2,1-5H3,(H,26,29)/t21-/m1/s1. The summed E-state index contributed by atoms with van der Waals surface area (Å²) < 4.78 is 5.89. The summed E-state index contributed by atoms with van der Waals surface area (Å²) in [5, 5.41) is 3.39. The Morgan fingerprint density at radius 3 is 2.47 bits per heavy atom. The number of carbonyl (C=O) groups excluding carboxylic acids is 2. The molecule has 5 nitrogen and oxygen atoms in total. The summed E-state index contributed by atoms with van der Waals surface area (Å²) >= 11 is 6.32. The van der Waals surface area contributed by atoms with Crippen LogP contribution in [0.5, 0.6) is 5.75 Å². The first kappa shape index (κ1) is 23.7. The summed E-state index contributed by atoms with van der Waals surface area (Å²) in [5.74, 6) is 0.249. The van der Waals surface area contributed by atoms with Crippen LogP contribution < -0.4 is 10.1 Å². The average molecular weight is 431 g/mol. The van der Waals surface area contributed by atoms with Crippen molar-refractivity contribution in [3.05, 3.63) is 63.7 Å². The van der Waals surface area contributed by atoms with E-state index < -0.39 is 6.04 Å². The lowest BCUT2D eigenvalue weighted by Crippen LogP contribution is -2.50. The van der Waals surface area contributed by atoms with Crippen molar-refractivity contribution in [2.45, 2.75) is 53.6 Å². The zero-order chi connectivity index (χ0) is 22.3. The van der Waals surface area contributed by atoms with E-state index in [1.54, 1.807) is 11.0 Å². The van der Waals surface area contributed by atoms with E-state index in [0.717, 1.165) is 22.3 Å². The van der Waals surface area contributed by atoms with Gasteiger partial charge in [0.15, 0.2) is 6.61 Å². The normalized spacial score (nSPS) is 11.7. The molecule has 162 valence electrons. The van der Waals surface area contributed by atoms with Crippen LogP contribution in [0.3, 0.4) is 0 Å². The Bertz CT molecular complexity index is 898. The van der Waals surface area contributed by atoms with E-state index in [-0.39, 0.29) is 25.0 Å². The second kappa shape index (κ2) is 11.0. The average Bonchev–Trinajstić information content (AvgIpc) is 2.70. The molecule has 0 fully saturated rings. The second-order valence-electron chi connectivity index (χ2n) is 7.43. The Morgan fingerprint density at radius 1 is 1.13 bits per heavy atom. The maximum Gasteiger partial charge on any atom is 0.261 e. The minimum atomic E-state index is -0.599. The van der Waals surface area contributed by atoms with Crippen molar-refractivity contribution in [1.82, 2.24) is 10.2 Å². The van der Waals surface area contributed by atoms with Crippen LogP contribution in [0.1, 0.15) is 42.5 Å².